The molecule has 0 aliphatic rings. The highest BCUT2D eigenvalue weighted by atomic mass is 16.3. The lowest BCUT2D eigenvalue weighted by atomic mass is 9.96. The van der Waals surface area contributed by atoms with Crippen LogP contribution in [-0.4, -0.2) is 24.3 Å². The first-order chi connectivity index (χ1) is 5.85. The highest BCUT2D eigenvalue weighted by Gasteiger charge is 2.06. The van der Waals surface area contributed by atoms with Gasteiger partial charge in [-0.1, -0.05) is 0 Å². The first kappa shape index (κ1) is 11.3. The molecule has 0 radical (unpaired) electrons. The Morgan fingerprint density at radius 2 is 1.92 bits per heavy atom. The van der Waals surface area contributed by atoms with Crippen molar-refractivity contribution in [2.75, 3.05) is 6.61 Å². The van der Waals surface area contributed by atoms with Gasteiger partial charge in [-0.05, 0) is 25.2 Å². The molecule has 0 aromatic carbocycles. The van der Waals surface area contributed by atoms with Gasteiger partial charge in [0.2, 0.25) is 0 Å². The maximum absolute atomic E-state index is 10.2. The van der Waals surface area contributed by atoms with E-state index in [9.17, 15) is 9.59 Å². The first-order valence-electron chi connectivity index (χ1n) is 4.33. The molecule has 0 aliphatic heterocycles. The number of hydrogen-bond donors (Lipinski definition) is 1. The van der Waals surface area contributed by atoms with Gasteiger partial charge in [-0.2, -0.15) is 0 Å². The van der Waals surface area contributed by atoms with Crippen molar-refractivity contribution in [1.29, 1.82) is 0 Å². The predicted molar refractivity (Wildman–Crippen MR) is 45.8 cm³/mol. The molecule has 0 amide bonds. The van der Waals surface area contributed by atoms with Crippen LogP contribution < -0.4 is 0 Å². The number of aliphatic hydroxyl groups is 1. The summed E-state index contributed by atoms with van der Waals surface area (Å²) < 4.78 is 0. The topological polar surface area (TPSA) is 54.4 Å². The number of carbonyl (C=O) groups is 2. The van der Waals surface area contributed by atoms with E-state index in [1.807, 2.05) is 0 Å². The molecule has 12 heavy (non-hydrogen) atoms. The third kappa shape index (κ3) is 6.04. The molecule has 0 fully saturated rings. The van der Waals surface area contributed by atoms with E-state index in [1.54, 1.807) is 0 Å². The van der Waals surface area contributed by atoms with Gasteiger partial charge in [0.1, 0.15) is 12.6 Å². The van der Waals surface area contributed by atoms with Crippen LogP contribution in [0.1, 0.15) is 32.1 Å². The molecule has 0 aromatic rings. The number of hydrogen-bond acceptors (Lipinski definition) is 3. The maximum atomic E-state index is 10.2. The van der Waals surface area contributed by atoms with E-state index in [2.05, 4.69) is 0 Å². The lowest BCUT2D eigenvalue weighted by Gasteiger charge is -2.10. The summed E-state index contributed by atoms with van der Waals surface area (Å²) in [6.07, 6.45) is 5.16. The van der Waals surface area contributed by atoms with Crippen LogP contribution in [0.25, 0.3) is 0 Å². The van der Waals surface area contributed by atoms with E-state index >= 15 is 0 Å². The number of rotatable bonds is 8. The van der Waals surface area contributed by atoms with Crippen molar-refractivity contribution in [1.82, 2.24) is 0 Å². The molecule has 1 atom stereocenters. The zero-order chi connectivity index (χ0) is 9.23. The number of carbonyl (C=O) groups excluding carboxylic acids is 2. The quantitative estimate of drug-likeness (QED) is 0.438. The Labute approximate surface area is 72.8 Å². The standard InChI is InChI=1S/C9H16O3/c10-6-2-1-3-9(4-7-11)5-8-12/h6-7,9,12H,1-5,8H2. The summed E-state index contributed by atoms with van der Waals surface area (Å²) in [4.78, 5) is 20.2. The van der Waals surface area contributed by atoms with Gasteiger partial charge in [-0.3, -0.25) is 0 Å². The Hall–Kier alpha value is -0.700. The van der Waals surface area contributed by atoms with E-state index < -0.39 is 0 Å². The van der Waals surface area contributed by atoms with Crippen molar-refractivity contribution in [3.05, 3.63) is 0 Å². The summed E-state index contributed by atoms with van der Waals surface area (Å²) in [5.41, 5.74) is 0. The van der Waals surface area contributed by atoms with Gasteiger partial charge in [0, 0.05) is 19.4 Å². The van der Waals surface area contributed by atoms with Gasteiger partial charge in [0.25, 0.3) is 0 Å². The second-order valence-electron chi connectivity index (χ2n) is 2.88. The minimum absolute atomic E-state index is 0.125. The molecule has 3 heteroatoms. The first-order valence-corrected chi connectivity index (χ1v) is 4.33. The summed E-state index contributed by atoms with van der Waals surface area (Å²) in [5.74, 6) is 0.257. The Kier molecular flexibility index (Phi) is 7.91. The average Bonchev–Trinajstić information content (AvgIpc) is 2.06. The van der Waals surface area contributed by atoms with Crippen molar-refractivity contribution in [3.8, 4) is 0 Å². The van der Waals surface area contributed by atoms with Crippen LogP contribution in [0.15, 0.2) is 0 Å². The highest BCUT2D eigenvalue weighted by Crippen LogP contribution is 2.14. The Bertz CT molecular complexity index is 123. The van der Waals surface area contributed by atoms with E-state index in [4.69, 9.17) is 5.11 Å². The van der Waals surface area contributed by atoms with E-state index in [1.165, 1.54) is 0 Å². The van der Waals surface area contributed by atoms with Crippen molar-refractivity contribution >= 4 is 12.6 Å². The molecule has 3 nitrogen and oxygen atoms in total. The molecule has 0 bridgehead atoms. The molecule has 1 N–H and O–H groups in total. The summed E-state index contributed by atoms with van der Waals surface area (Å²) >= 11 is 0. The number of aliphatic hydroxyl groups excluding tert-OH is 1. The van der Waals surface area contributed by atoms with Crippen LogP contribution in [0.2, 0.25) is 0 Å². The monoisotopic (exact) mass is 172 g/mol. The average molecular weight is 172 g/mol. The summed E-state index contributed by atoms with van der Waals surface area (Å²) in [7, 11) is 0. The molecule has 70 valence electrons. The second-order valence-corrected chi connectivity index (χ2v) is 2.88. The summed E-state index contributed by atoms with van der Waals surface area (Å²) in [5, 5.41) is 8.63. The zero-order valence-electron chi connectivity index (χ0n) is 7.24. The van der Waals surface area contributed by atoms with Crippen LogP contribution in [0.3, 0.4) is 0 Å². The Morgan fingerprint density at radius 3 is 2.42 bits per heavy atom. The summed E-state index contributed by atoms with van der Waals surface area (Å²) in [6, 6.07) is 0. The predicted octanol–water partition coefficient (Wildman–Crippen LogP) is 0.943. The second kappa shape index (κ2) is 8.40. The van der Waals surface area contributed by atoms with Gasteiger partial charge in [0.15, 0.2) is 0 Å². The van der Waals surface area contributed by atoms with Crippen molar-refractivity contribution < 1.29 is 14.7 Å². The number of unbranched alkanes of at least 4 members (excludes halogenated alkanes) is 1. The highest BCUT2D eigenvalue weighted by molar-refractivity contribution is 5.50. The molecule has 0 spiro atoms. The fraction of sp³-hybridized carbons (Fsp3) is 0.778. The third-order valence-electron chi connectivity index (χ3n) is 1.90. The molecular formula is C9H16O3. The maximum Gasteiger partial charge on any atom is 0.120 e. The van der Waals surface area contributed by atoms with Crippen molar-refractivity contribution in [3.63, 3.8) is 0 Å². The molecule has 0 aromatic heterocycles. The molecule has 0 rings (SSSR count). The fourth-order valence-corrected chi connectivity index (χ4v) is 1.19. The Morgan fingerprint density at radius 1 is 1.17 bits per heavy atom. The molecule has 0 heterocycles. The van der Waals surface area contributed by atoms with Crippen LogP contribution in [0.5, 0.6) is 0 Å². The molecule has 0 saturated heterocycles. The Balaban J connectivity index is 3.46. The van der Waals surface area contributed by atoms with E-state index in [-0.39, 0.29) is 12.5 Å². The summed E-state index contributed by atoms with van der Waals surface area (Å²) in [6.45, 7) is 0.125. The van der Waals surface area contributed by atoms with E-state index in [0.717, 1.165) is 25.4 Å². The largest absolute Gasteiger partial charge is 0.396 e. The molecule has 0 saturated carbocycles. The SMILES string of the molecule is O=CCCCC(CC=O)CCO. The van der Waals surface area contributed by atoms with Crippen molar-refractivity contribution in [2.24, 2.45) is 5.92 Å². The smallest absolute Gasteiger partial charge is 0.120 e. The van der Waals surface area contributed by atoms with Gasteiger partial charge < -0.3 is 14.7 Å². The van der Waals surface area contributed by atoms with Crippen LogP contribution in [0.4, 0.5) is 0 Å². The minimum Gasteiger partial charge on any atom is -0.396 e. The van der Waals surface area contributed by atoms with E-state index in [0.29, 0.717) is 19.3 Å². The number of aldehydes is 2. The minimum atomic E-state index is 0.125. The normalized spacial score (nSPS) is 12.4. The van der Waals surface area contributed by atoms with Crippen molar-refractivity contribution in [2.45, 2.75) is 32.1 Å². The molecule has 1 unspecified atom stereocenters. The van der Waals surface area contributed by atoms with Gasteiger partial charge in [-0.25, -0.2) is 0 Å². The lowest BCUT2D eigenvalue weighted by molar-refractivity contribution is -0.108. The van der Waals surface area contributed by atoms with Crippen LogP contribution in [-0.2, 0) is 9.59 Å². The van der Waals surface area contributed by atoms with Crippen LogP contribution >= 0.6 is 0 Å². The van der Waals surface area contributed by atoms with Crippen LogP contribution in [0, 0.1) is 5.92 Å². The fourth-order valence-electron chi connectivity index (χ4n) is 1.19. The third-order valence-corrected chi connectivity index (χ3v) is 1.90. The molecule has 0 aliphatic carbocycles. The zero-order valence-corrected chi connectivity index (χ0v) is 7.24. The van der Waals surface area contributed by atoms with Gasteiger partial charge >= 0.3 is 0 Å². The lowest BCUT2D eigenvalue weighted by Crippen LogP contribution is -2.04. The molecular weight excluding hydrogens is 156 g/mol. The van der Waals surface area contributed by atoms with Gasteiger partial charge in [0.05, 0.1) is 0 Å². The van der Waals surface area contributed by atoms with Gasteiger partial charge in [-0.15, -0.1) is 0 Å².